The molecule has 120 valence electrons. The number of hydrogen-bond donors (Lipinski definition) is 1. The highest BCUT2D eigenvalue weighted by Crippen LogP contribution is 2.45. The molecular formula is C17H29NO3. The quantitative estimate of drug-likeness (QED) is 0.865. The van der Waals surface area contributed by atoms with E-state index < -0.39 is 11.5 Å². The molecule has 3 atom stereocenters. The SMILES string of the molecule is CC1CC(CC(C)(C(=O)O)N2CCCC2=O)CC(C)(C)C1. The van der Waals surface area contributed by atoms with Crippen molar-refractivity contribution >= 4 is 11.9 Å². The van der Waals surface area contributed by atoms with Crippen molar-refractivity contribution in [1.29, 1.82) is 0 Å². The fourth-order valence-corrected chi connectivity index (χ4v) is 4.74. The summed E-state index contributed by atoms with van der Waals surface area (Å²) < 4.78 is 0. The second-order valence-corrected chi connectivity index (χ2v) is 8.21. The van der Waals surface area contributed by atoms with Crippen LogP contribution >= 0.6 is 0 Å². The summed E-state index contributed by atoms with van der Waals surface area (Å²) in [5.41, 5.74) is -0.762. The molecule has 1 saturated heterocycles. The first-order valence-electron chi connectivity index (χ1n) is 8.18. The zero-order chi connectivity index (χ0) is 15.8. The Hall–Kier alpha value is -1.06. The van der Waals surface area contributed by atoms with Crippen LogP contribution in [0, 0.1) is 17.3 Å². The van der Waals surface area contributed by atoms with Crippen LogP contribution in [0.1, 0.15) is 66.2 Å². The van der Waals surface area contributed by atoms with Gasteiger partial charge in [-0.05, 0) is 56.3 Å². The molecule has 4 heteroatoms. The number of nitrogens with zero attached hydrogens (tertiary/aromatic N) is 1. The van der Waals surface area contributed by atoms with E-state index in [9.17, 15) is 14.7 Å². The van der Waals surface area contributed by atoms with Gasteiger partial charge in [-0.25, -0.2) is 4.79 Å². The summed E-state index contributed by atoms with van der Waals surface area (Å²) in [5, 5.41) is 9.74. The van der Waals surface area contributed by atoms with Gasteiger partial charge in [-0.15, -0.1) is 0 Å². The molecule has 0 radical (unpaired) electrons. The van der Waals surface area contributed by atoms with Gasteiger partial charge in [-0.3, -0.25) is 4.79 Å². The number of carboxylic acids is 1. The van der Waals surface area contributed by atoms with Gasteiger partial charge in [0, 0.05) is 13.0 Å². The Bertz CT molecular complexity index is 432. The van der Waals surface area contributed by atoms with E-state index >= 15 is 0 Å². The number of hydrogen-bond acceptors (Lipinski definition) is 2. The van der Waals surface area contributed by atoms with Crippen molar-refractivity contribution in [3.63, 3.8) is 0 Å². The van der Waals surface area contributed by atoms with Crippen LogP contribution in [-0.4, -0.2) is 34.0 Å². The minimum atomic E-state index is -1.04. The highest BCUT2D eigenvalue weighted by atomic mass is 16.4. The largest absolute Gasteiger partial charge is 0.480 e. The average molecular weight is 295 g/mol. The molecular weight excluding hydrogens is 266 g/mol. The van der Waals surface area contributed by atoms with Gasteiger partial charge in [0.15, 0.2) is 0 Å². The van der Waals surface area contributed by atoms with Crippen molar-refractivity contribution in [2.75, 3.05) is 6.54 Å². The fraction of sp³-hybridized carbons (Fsp3) is 0.882. The van der Waals surface area contributed by atoms with Crippen LogP contribution in [0.15, 0.2) is 0 Å². The van der Waals surface area contributed by atoms with Crippen molar-refractivity contribution in [3.05, 3.63) is 0 Å². The Kier molecular flexibility index (Phi) is 4.36. The first-order valence-corrected chi connectivity index (χ1v) is 8.18. The molecule has 2 aliphatic rings. The lowest BCUT2D eigenvalue weighted by atomic mass is 9.65. The maximum Gasteiger partial charge on any atom is 0.329 e. The number of amides is 1. The molecule has 4 nitrogen and oxygen atoms in total. The van der Waals surface area contributed by atoms with E-state index in [-0.39, 0.29) is 11.3 Å². The van der Waals surface area contributed by atoms with Crippen LogP contribution < -0.4 is 0 Å². The van der Waals surface area contributed by atoms with Gasteiger partial charge < -0.3 is 10.0 Å². The third kappa shape index (κ3) is 3.41. The smallest absolute Gasteiger partial charge is 0.329 e. The lowest BCUT2D eigenvalue weighted by Gasteiger charge is -2.44. The van der Waals surface area contributed by atoms with Crippen molar-refractivity contribution in [1.82, 2.24) is 4.90 Å². The summed E-state index contributed by atoms with van der Waals surface area (Å²) in [4.78, 5) is 25.5. The van der Waals surface area contributed by atoms with Crippen LogP contribution in [0.5, 0.6) is 0 Å². The Labute approximate surface area is 127 Å². The van der Waals surface area contributed by atoms with E-state index in [2.05, 4.69) is 20.8 Å². The van der Waals surface area contributed by atoms with Crippen LogP contribution in [0.4, 0.5) is 0 Å². The van der Waals surface area contributed by atoms with Gasteiger partial charge in [0.25, 0.3) is 0 Å². The molecule has 1 aliphatic carbocycles. The number of carboxylic acid groups (broad SMARTS) is 1. The summed E-state index contributed by atoms with van der Waals surface area (Å²) >= 11 is 0. The fourth-order valence-electron chi connectivity index (χ4n) is 4.74. The van der Waals surface area contributed by atoms with E-state index in [0.29, 0.717) is 31.2 Å². The molecule has 0 aromatic rings. The summed E-state index contributed by atoms with van der Waals surface area (Å²) in [5.74, 6) is 0.168. The van der Waals surface area contributed by atoms with Gasteiger partial charge in [0.2, 0.25) is 5.91 Å². The predicted octanol–water partition coefficient (Wildman–Crippen LogP) is 3.30. The molecule has 0 aromatic heterocycles. The second kappa shape index (κ2) is 5.62. The molecule has 3 unspecified atom stereocenters. The molecule has 1 saturated carbocycles. The third-order valence-corrected chi connectivity index (χ3v) is 5.29. The van der Waals surface area contributed by atoms with Gasteiger partial charge in [0.05, 0.1) is 0 Å². The number of aliphatic carboxylic acids is 1. The molecule has 21 heavy (non-hydrogen) atoms. The Balaban J connectivity index is 2.16. The first kappa shape index (κ1) is 16.3. The standard InChI is InChI=1S/C17H29NO3/c1-12-8-13(10-16(2,3)9-12)11-17(4,15(20)21)18-7-5-6-14(18)19/h12-13H,5-11H2,1-4H3,(H,20,21). The first-order chi connectivity index (χ1) is 9.64. The summed E-state index contributed by atoms with van der Waals surface area (Å²) in [6, 6.07) is 0. The van der Waals surface area contributed by atoms with E-state index in [1.54, 1.807) is 11.8 Å². The highest BCUT2D eigenvalue weighted by Gasteiger charge is 2.47. The topological polar surface area (TPSA) is 57.6 Å². The molecule has 1 heterocycles. The van der Waals surface area contributed by atoms with Crippen molar-refractivity contribution in [2.45, 2.75) is 71.8 Å². The molecule has 0 spiro atoms. The highest BCUT2D eigenvalue weighted by molar-refractivity contribution is 5.87. The van der Waals surface area contributed by atoms with Gasteiger partial charge in [-0.1, -0.05) is 20.8 Å². The Morgan fingerprint density at radius 3 is 2.57 bits per heavy atom. The molecule has 1 N–H and O–H groups in total. The van der Waals surface area contributed by atoms with Crippen LogP contribution in [0.3, 0.4) is 0 Å². The van der Waals surface area contributed by atoms with Crippen LogP contribution in [-0.2, 0) is 9.59 Å². The molecule has 0 bridgehead atoms. The Morgan fingerprint density at radius 2 is 2.10 bits per heavy atom. The summed E-state index contributed by atoms with van der Waals surface area (Å²) in [6.45, 7) is 9.13. The normalized spacial score (nSPS) is 32.0. The number of carbonyl (C=O) groups excluding carboxylic acids is 1. The lowest BCUT2D eigenvalue weighted by Crippen LogP contribution is -2.54. The zero-order valence-electron chi connectivity index (χ0n) is 13.8. The van der Waals surface area contributed by atoms with Crippen LogP contribution in [0.25, 0.3) is 0 Å². The zero-order valence-corrected chi connectivity index (χ0v) is 13.8. The van der Waals surface area contributed by atoms with Gasteiger partial charge >= 0.3 is 5.97 Å². The molecule has 2 rings (SSSR count). The maximum absolute atomic E-state index is 12.0. The van der Waals surface area contributed by atoms with Gasteiger partial charge in [0.1, 0.15) is 5.54 Å². The maximum atomic E-state index is 12.0. The van der Waals surface area contributed by atoms with E-state index in [1.807, 2.05) is 0 Å². The molecule has 0 aromatic carbocycles. The number of likely N-dealkylation sites (tertiary alicyclic amines) is 1. The number of carbonyl (C=O) groups is 2. The number of rotatable bonds is 4. The van der Waals surface area contributed by atoms with Crippen molar-refractivity contribution < 1.29 is 14.7 Å². The minimum Gasteiger partial charge on any atom is -0.480 e. The van der Waals surface area contributed by atoms with Crippen molar-refractivity contribution in [3.8, 4) is 0 Å². The van der Waals surface area contributed by atoms with E-state index in [1.165, 1.54) is 6.42 Å². The average Bonchev–Trinajstić information content (AvgIpc) is 2.72. The Morgan fingerprint density at radius 1 is 1.43 bits per heavy atom. The lowest BCUT2D eigenvalue weighted by molar-refractivity contribution is -0.157. The molecule has 1 aliphatic heterocycles. The second-order valence-electron chi connectivity index (χ2n) is 8.21. The van der Waals surface area contributed by atoms with E-state index in [4.69, 9.17) is 0 Å². The summed E-state index contributed by atoms with van der Waals surface area (Å²) in [7, 11) is 0. The third-order valence-electron chi connectivity index (χ3n) is 5.29. The summed E-state index contributed by atoms with van der Waals surface area (Å²) in [6.07, 6.45) is 5.21. The monoisotopic (exact) mass is 295 g/mol. The van der Waals surface area contributed by atoms with Crippen molar-refractivity contribution in [2.24, 2.45) is 17.3 Å². The van der Waals surface area contributed by atoms with Crippen LogP contribution in [0.2, 0.25) is 0 Å². The molecule has 1 amide bonds. The van der Waals surface area contributed by atoms with Gasteiger partial charge in [-0.2, -0.15) is 0 Å². The van der Waals surface area contributed by atoms with E-state index in [0.717, 1.165) is 19.3 Å². The molecule has 2 fully saturated rings. The minimum absolute atomic E-state index is 0.00279. The predicted molar refractivity (Wildman–Crippen MR) is 81.9 cm³/mol.